The van der Waals surface area contributed by atoms with Crippen LogP contribution in [0.25, 0.3) is 0 Å². The molecule has 24 heavy (non-hydrogen) atoms. The largest absolute Gasteiger partial charge is 0.329 e. The Bertz CT molecular complexity index is 706. The second-order valence-electron chi connectivity index (χ2n) is 6.52. The highest BCUT2D eigenvalue weighted by molar-refractivity contribution is 5.97. The van der Waals surface area contributed by atoms with Crippen molar-refractivity contribution in [2.45, 2.75) is 26.2 Å². The van der Waals surface area contributed by atoms with Crippen LogP contribution in [0.15, 0.2) is 54.6 Å². The van der Waals surface area contributed by atoms with Gasteiger partial charge in [-0.25, -0.2) is 4.79 Å². The lowest BCUT2D eigenvalue weighted by Gasteiger charge is -2.23. The predicted octanol–water partition coefficient (Wildman–Crippen LogP) is 3.74. The average molecular weight is 325 g/mol. The molecule has 0 aromatic heterocycles. The molecule has 0 radical (unpaired) electrons. The fourth-order valence-corrected chi connectivity index (χ4v) is 2.30. The summed E-state index contributed by atoms with van der Waals surface area (Å²) < 4.78 is 0. The lowest BCUT2D eigenvalue weighted by Crippen LogP contribution is -2.36. The van der Waals surface area contributed by atoms with Crippen LogP contribution in [0.3, 0.4) is 0 Å². The molecule has 2 aromatic rings. The maximum Gasteiger partial charge on any atom is 0.319 e. The van der Waals surface area contributed by atoms with E-state index < -0.39 is 6.03 Å². The first kappa shape index (κ1) is 17.5. The van der Waals surface area contributed by atoms with Gasteiger partial charge in [-0.2, -0.15) is 0 Å². The first-order valence-corrected chi connectivity index (χ1v) is 7.85. The first-order valence-electron chi connectivity index (χ1n) is 7.85. The van der Waals surface area contributed by atoms with Gasteiger partial charge in [-0.15, -0.1) is 0 Å². The van der Waals surface area contributed by atoms with E-state index in [2.05, 4.69) is 36.7 Å². The molecule has 0 atom stereocenters. The molecular formula is C19H23N3O2. The molecule has 0 saturated heterocycles. The van der Waals surface area contributed by atoms with Crippen LogP contribution in [0, 0.1) is 0 Å². The Morgan fingerprint density at radius 1 is 0.875 bits per heavy atom. The highest BCUT2D eigenvalue weighted by Crippen LogP contribution is 2.29. The number of carbonyl (C=O) groups is 2. The number of para-hydroxylation sites is 2. The van der Waals surface area contributed by atoms with Gasteiger partial charge in [0.1, 0.15) is 0 Å². The smallest absolute Gasteiger partial charge is 0.319 e. The Kier molecular flexibility index (Phi) is 5.58. The maximum absolute atomic E-state index is 12.1. The Balaban J connectivity index is 1.89. The molecular weight excluding hydrogens is 302 g/mol. The number of nitrogens with one attached hydrogen (secondary N) is 3. The Morgan fingerprint density at radius 2 is 1.50 bits per heavy atom. The second-order valence-corrected chi connectivity index (χ2v) is 6.52. The van der Waals surface area contributed by atoms with Gasteiger partial charge in [0.2, 0.25) is 5.91 Å². The summed E-state index contributed by atoms with van der Waals surface area (Å²) in [7, 11) is 0. The number of hydrogen-bond donors (Lipinski definition) is 3. The van der Waals surface area contributed by atoms with Gasteiger partial charge in [-0.05, 0) is 29.2 Å². The van der Waals surface area contributed by atoms with Crippen LogP contribution in [-0.2, 0) is 10.2 Å². The van der Waals surface area contributed by atoms with Gasteiger partial charge >= 0.3 is 6.03 Å². The molecule has 5 nitrogen and oxygen atoms in total. The average Bonchev–Trinajstić information content (AvgIpc) is 2.53. The van der Waals surface area contributed by atoms with Gasteiger partial charge in [-0.3, -0.25) is 4.79 Å². The van der Waals surface area contributed by atoms with Crippen molar-refractivity contribution in [3.8, 4) is 0 Å². The number of anilines is 2. The fourth-order valence-electron chi connectivity index (χ4n) is 2.30. The van der Waals surface area contributed by atoms with Crippen LogP contribution >= 0.6 is 0 Å². The number of rotatable bonds is 4. The highest BCUT2D eigenvalue weighted by Gasteiger charge is 2.18. The van der Waals surface area contributed by atoms with Crippen molar-refractivity contribution in [2.24, 2.45) is 0 Å². The fraction of sp³-hybridized carbons (Fsp3) is 0.263. The minimum absolute atomic E-state index is 0.0814. The van der Waals surface area contributed by atoms with E-state index in [-0.39, 0.29) is 17.9 Å². The molecule has 0 aliphatic rings. The molecule has 3 amide bonds. The normalized spacial score (nSPS) is 10.8. The molecule has 0 bridgehead atoms. The van der Waals surface area contributed by atoms with Gasteiger partial charge in [-0.1, -0.05) is 57.2 Å². The highest BCUT2D eigenvalue weighted by atomic mass is 16.2. The van der Waals surface area contributed by atoms with Crippen molar-refractivity contribution in [3.05, 3.63) is 60.2 Å². The molecule has 2 aromatic carbocycles. The van der Waals surface area contributed by atoms with E-state index in [9.17, 15) is 9.59 Å². The van der Waals surface area contributed by atoms with Gasteiger partial charge in [0.25, 0.3) is 0 Å². The molecule has 0 heterocycles. The number of amides is 3. The van der Waals surface area contributed by atoms with E-state index in [1.54, 1.807) is 12.1 Å². The molecule has 0 saturated carbocycles. The third-order valence-corrected chi connectivity index (χ3v) is 3.45. The number of urea groups is 1. The number of carbonyl (C=O) groups excluding carboxylic acids is 2. The zero-order valence-corrected chi connectivity index (χ0v) is 14.2. The second kappa shape index (κ2) is 7.64. The summed E-state index contributed by atoms with van der Waals surface area (Å²) in [6, 6.07) is 16.3. The minimum atomic E-state index is -0.416. The summed E-state index contributed by atoms with van der Waals surface area (Å²) in [5.74, 6) is -0.269. The summed E-state index contributed by atoms with van der Waals surface area (Å²) in [4.78, 5) is 23.9. The van der Waals surface area contributed by atoms with Crippen LogP contribution in [-0.4, -0.2) is 18.5 Å². The summed E-state index contributed by atoms with van der Waals surface area (Å²) in [6.07, 6.45) is 0. The van der Waals surface area contributed by atoms with Crippen molar-refractivity contribution >= 4 is 23.3 Å². The number of hydrogen-bond acceptors (Lipinski definition) is 2. The topological polar surface area (TPSA) is 70.2 Å². The van der Waals surface area contributed by atoms with E-state index in [0.717, 1.165) is 11.3 Å². The molecule has 5 heteroatoms. The van der Waals surface area contributed by atoms with Gasteiger partial charge in [0.05, 0.1) is 6.54 Å². The summed E-state index contributed by atoms with van der Waals surface area (Å²) in [5, 5.41) is 8.07. The summed E-state index contributed by atoms with van der Waals surface area (Å²) in [5.41, 5.74) is 2.41. The lowest BCUT2D eigenvalue weighted by molar-refractivity contribution is -0.115. The first-order chi connectivity index (χ1) is 11.4. The Hall–Kier alpha value is -2.82. The standard InChI is InChI=1S/C19H23N3O2/c1-19(2,3)15-11-7-8-12-16(15)22-17(23)13-20-18(24)21-14-9-5-4-6-10-14/h4-12H,13H2,1-3H3,(H,22,23)(H2,20,21,24). The van der Waals surface area contributed by atoms with Gasteiger partial charge in [0, 0.05) is 11.4 Å². The van der Waals surface area contributed by atoms with Crippen LogP contribution in [0.5, 0.6) is 0 Å². The molecule has 0 aliphatic heterocycles. The van der Waals surface area contributed by atoms with E-state index in [4.69, 9.17) is 0 Å². The SMILES string of the molecule is CC(C)(C)c1ccccc1NC(=O)CNC(=O)Nc1ccccc1. The van der Waals surface area contributed by atoms with Crippen molar-refractivity contribution < 1.29 is 9.59 Å². The van der Waals surface area contributed by atoms with Gasteiger partial charge in [0.15, 0.2) is 0 Å². The quantitative estimate of drug-likeness (QED) is 0.801. The lowest BCUT2D eigenvalue weighted by atomic mass is 9.86. The minimum Gasteiger partial charge on any atom is -0.329 e. The molecule has 2 rings (SSSR count). The predicted molar refractivity (Wildman–Crippen MR) is 97.2 cm³/mol. The monoisotopic (exact) mass is 325 g/mol. The molecule has 0 unspecified atom stereocenters. The van der Waals surface area contributed by atoms with Crippen LogP contribution < -0.4 is 16.0 Å². The Labute approximate surface area is 142 Å². The van der Waals surface area contributed by atoms with Crippen LogP contribution in [0.4, 0.5) is 16.2 Å². The van der Waals surface area contributed by atoms with Crippen molar-refractivity contribution in [1.29, 1.82) is 0 Å². The van der Waals surface area contributed by atoms with E-state index in [0.29, 0.717) is 5.69 Å². The molecule has 0 spiro atoms. The van der Waals surface area contributed by atoms with E-state index >= 15 is 0 Å². The third kappa shape index (κ3) is 5.12. The molecule has 126 valence electrons. The molecule has 3 N–H and O–H groups in total. The van der Waals surface area contributed by atoms with Crippen molar-refractivity contribution in [3.63, 3.8) is 0 Å². The summed E-state index contributed by atoms with van der Waals surface area (Å²) >= 11 is 0. The van der Waals surface area contributed by atoms with Crippen LogP contribution in [0.1, 0.15) is 26.3 Å². The van der Waals surface area contributed by atoms with Crippen molar-refractivity contribution in [1.82, 2.24) is 5.32 Å². The Morgan fingerprint density at radius 3 is 2.17 bits per heavy atom. The maximum atomic E-state index is 12.1. The third-order valence-electron chi connectivity index (χ3n) is 3.45. The zero-order chi connectivity index (χ0) is 17.6. The van der Waals surface area contributed by atoms with Crippen molar-refractivity contribution in [2.75, 3.05) is 17.2 Å². The van der Waals surface area contributed by atoms with E-state index in [1.807, 2.05) is 42.5 Å². The number of benzene rings is 2. The van der Waals surface area contributed by atoms with Crippen LogP contribution in [0.2, 0.25) is 0 Å². The van der Waals surface area contributed by atoms with E-state index in [1.165, 1.54) is 0 Å². The zero-order valence-electron chi connectivity index (χ0n) is 14.2. The summed E-state index contributed by atoms with van der Waals surface area (Å²) in [6.45, 7) is 6.16. The molecule has 0 fully saturated rings. The van der Waals surface area contributed by atoms with Gasteiger partial charge < -0.3 is 16.0 Å². The molecule has 0 aliphatic carbocycles.